The highest BCUT2D eigenvalue weighted by Gasteiger charge is 2.24. The summed E-state index contributed by atoms with van der Waals surface area (Å²) in [5.74, 6) is -0.970. The molecule has 0 amide bonds. The molecule has 4 nitrogen and oxygen atoms in total. The van der Waals surface area contributed by atoms with Crippen molar-refractivity contribution in [2.45, 2.75) is 97.9 Å². The van der Waals surface area contributed by atoms with Crippen molar-refractivity contribution in [1.29, 1.82) is 0 Å². The van der Waals surface area contributed by atoms with Crippen molar-refractivity contribution in [2.75, 3.05) is 32.7 Å². The van der Waals surface area contributed by atoms with Gasteiger partial charge < -0.3 is 19.7 Å². The summed E-state index contributed by atoms with van der Waals surface area (Å²) in [6.45, 7) is 15.8. The van der Waals surface area contributed by atoms with E-state index in [1.54, 1.807) is 0 Å². The zero-order valence-electron chi connectivity index (χ0n) is 17.4. The first-order valence-electron chi connectivity index (χ1n) is 10.8. The molecule has 1 fully saturated rings. The second kappa shape index (κ2) is 15.6. The lowest BCUT2D eigenvalue weighted by atomic mass is 10.1. The predicted octanol–water partition coefficient (Wildman–Crippen LogP) is 3.49. The average Bonchev–Trinajstić information content (AvgIpc) is 3.16. The fraction of sp³-hybridized carbons (Fsp3) is 0.952. The van der Waals surface area contributed by atoms with E-state index in [1.165, 1.54) is 82.0 Å². The van der Waals surface area contributed by atoms with Crippen LogP contribution in [-0.2, 0) is 4.79 Å². The van der Waals surface area contributed by atoms with Crippen LogP contribution in [0.4, 0.5) is 0 Å². The average molecular weight is 357 g/mol. The molecular formula is C21H44N2O2. The van der Waals surface area contributed by atoms with Crippen LogP contribution in [-0.4, -0.2) is 49.2 Å². The second-order valence-corrected chi connectivity index (χ2v) is 7.62. The fourth-order valence-corrected chi connectivity index (χ4v) is 3.53. The third-order valence-electron chi connectivity index (χ3n) is 5.29. The van der Waals surface area contributed by atoms with E-state index in [-0.39, 0.29) is 6.04 Å². The first-order valence-corrected chi connectivity index (χ1v) is 10.8. The minimum atomic E-state index is -0.970. The highest BCUT2D eigenvalue weighted by molar-refractivity contribution is 5.71. The van der Waals surface area contributed by atoms with Gasteiger partial charge in [0, 0.05) is 6.04 Å². The van der Waals surface area contributed by atoms with Crippen molar-refractivity contribution < 1.29 is 14.4 Å². The fourth-order valence-electron chi connectivity index (χ4n) is 3.53. The van der Waals surface area contributed by atoms with E-state index in [2.05, 4.69) is 33.0 Å². The minimum Gasteiger partial charge on any atom is -0.548 e. The molecule has 1 heterocycles. The van der Waals surface area contributed by atoms with Crippen LogP contribution < -0.4 is 10.4 Å². The molecule has 1 aliphatic heterocycles. The van der Waals surface area contributed by atoms with E-state index >= 15 is 0 Å². The lowest BCUT2D eigenvalue weighted by Gasteiger charge is -2.39. The number of carboxylic acid groups (broad SMARTS) is 1. The van der Waals surface area contributed by atoms with Gasteiger partial charge in [-0.3, -0.25) is 0 Å². The molecule has 0 aromatic rings. The highest BCUT2D eigenvalue weighted by Crippen LogP contribution is 2.16. The summed E-state index contributed by atoms with van der Waals surface area (Å²) in [4.78, 5) is 10.0. The highest BCUT2D eigenvalue weighted by atomic mass is 16.4. The van der Waals surface area contributed by atoms with Gasteiger partial charge in [0.25, 0.3) is 0 Å². The summed E-state index contributed by atoms with van der Waals surface area (Å²) < 4.78 is 1.42. The third-order valence-corrected chi connectivity index (χ3v) is 5.29. The van der Waals surface area contributed by atoms with Crippen LogP contribution in [0.5, 0.6) is 0 Å². The third kappa shape index (κ3) is 11.6. The number of hydrogen-bond donors (Lipinski definition) is 1. The maximum absolute atomic E-state index is 10.0. The summed E-state index contributed by atoms with van der Waals surface area (Å²) in [6.07, 6.45) is 12.7. The molecular weight excluding hydrogens is 312 g/mol. The maximum atomic E-state index is 10.0. The smallest absolute Gasteiger partial charge is 0.0786 e. The molecule has 1 N–H and O–H groups in total. The molecule has 25 heavy (non-hydrogen) atoms. The van der Waals surface area contributed by atoms with E-state index in [9.17, 15) is 9.90 Å². The van der Waals surface area contributed by atoms with Gasteiger partial charge in [-0.2, -0.15) is 0 Å². The monoisotopic (exact) mass is 356 g/mol. The normalized spacial score (nSPS) is 17.2. The van der Waals surface area contributed by atoms with Crippen molar-refractivity contribution in [1.82, 2.24) is 5.32 Å². The molecule has 1 aliphatic rings. The Bertz CT molecular complexity index is 278. The molecule has 0 aromatic heterocycles. The lowest BCUT2D eigenvalue weighted by Crippen LogP contribution is -2.50. The quantitative estimate of drug-likeness (QED) is 0.514. The number of hydrogen-bond acceptors (Lipinski definition) is 3. The summed E-state index contributed by atoms with van der Waals surface area (Å²) in [6, 6.07) is -0.380. The van der Waals surface area contributed by atoms with Gasteiger partial charge in [0.1, 0.15) is 0 Å². The number of rotatable bonds is 13. The largest absolute Gasteiger partial charge is 0.548 e. The molecule has 1 saturated heterocycles. The van der Waals surface area contributed by atoms with E-state index in [0.717, 1.165) is 19.4 Å². The summed E-state index contributed by atoms with van der Waals surface area (Å²) >= 11 is 0. The van der Waals surface area contributed by atoms with Crippen molar-refractivity contribution in [3.05, 3.63) is 0 Å². The molecule has 1 atom stereocenters. The molecule has 0 bridgehead atoms. The van der Waals surface area contributed by atoms with E-state index in [4.69, 9.17) is 0 Å². The molecule has 0 saturated carbocycles. The maximum Gasteiger partial charge on any atom is 0.0786 e. The second-order valence-electron chi connectivity index (χ2n) is 7.62. The van der Waals surface area contributed by atoms with Crippen LogP contribution in [0.2, 0.25) is 0 Å². The Kier molecular flexibility index (Phi) is 15.2. The van der Waals surface area contributed by atoms with Gasteiger partial charge in [0.15, 0.2) is 0 Å². The van der Waals surface area contributed by atoms with Gasteiger partial charge in [0.05, 0.1) is 32.1 Å². The molecule has 0 radical (unpaired) electrons. The van der Waals surface area contributed by atoms with Crippen LogP contribution in [0.1, 0.15) is 91.9 Å². The SMILES string of the molecule is CCCC[N+](CCCC)(CCCC)CCCC.O=C([O-])[C@H]1CCCN1. The van der Waals surface area contributed by atoms with Crippen molar-refractivity contribution >= 4 is 5.97 Å². The predicted molar refractivity (Wildman–Crippen MR) is 105 cm³/mol. The Balaban J connectivity index is 0.000000593. The molecule has 1 rings (SSSR count). The molecule has 0 aromatic carbocycles. The van der Waals surface area contributed by atoms with Gasteiger partial charge in [-0.15, -0.1) is 0 Å². The minimum absolute atomic E-state index is 0.380. The van der Waals surface area contributed by atoms with Gasteiger partial charge >= 0.3 is 0 Å². The summed E-state index contributed by atoms with van der Waals surface area (Å²) in [5.41, 5.74) is 0. The number of carbonyl (C=O) groups is 1. The van der Waals surface area contributed by atoms with Crippen LogP contribution in [0, 0.1) is 0 Å². The Morgan fingerprint density at radius 1 is 0.880 bits per heavy atom. The number of carbonyl (C=O) groups excluding carboxylic acids is 1. The standard InChI is InChI=1S/C16H36N.C5H9NO2/c1-5-9-13-17(14-10-6-2,15-11-7-3)16-12-8-4;7-5(8)4-2-1-3-6-4/h5-16H2,1-4H3;4,6H,1-3H2,(H,7,8)/q+1;/p-1/t;4-/m.1/s1. The van der Waals surface area contributed by atoms with Crippen molar-refractivity contribution in [3.8, 4) is 0 Å². The Labute approximate surface area is 157 Å². The van der Waals surface area contributed by atoms with Crippen LogP contribution in [0.15, 0.2) is 0 Å². The van der Waals surface area contributed by atoms with E-state index < -0.39 is 5.97 Å². The van der Waals surface area contributed by atoms with Crippen molar-refractivity contribution in [3.63, 3.8) is 0 Å². The number of nitrogens with zero attached hydrogens (tertiary/aromatic N) is 1. The van der Waals surface area contributed by atoms with Gasteiger partial charge in [-0.25, -0.2) is 0 Å². The molecule has 150 valence electrons. The van der Waals surface area contributed by atoms with Crippen LogP contribution >= 0.6 is 0 Å². The Hall–Kier alpha value is -0.610. The molecule has 4 heteroatoms. The summed E-state index contributed by atoms with van der Waals surface area (Å²) in [7, 11) is 0. The van der Waals surface area contributed by atoms with Crippen LogP contribution in [0.3, 0.4) is 0 Å². The topological polar surface area (TPSA) is 52.2 Å². The summed E-state index contributed by atoms with van der Waals surface area (Å²) in [5, 5.41) is 12.8. The molecule has 0 unspecified atom stereocenters. The molecule has 0 aliphatic carbocycles. The van der Waals surface area contributed by atoms with Gasteiger partial charge in [0.2, 0.25) is 0 Å². The Morgan fingerprint density at radius 2 is 1.28 bits per heavy atom. The number of unbranched alkanes of at least 4 members (excludes halogenated alkanes) is 4. The zero-order chi connectivity index (χ0) is 19.0. The van der Waals surface area contributed by atoms with Crippen LogP contribution in [0.25, 0.3) is 0 Å². The molecule has 0 spiro atoms. The van der Waals surface area contributed by atoms with E-state index in [1.807, 2.05) is 0 Å². The van der Waals surface area contributed by atoms with E-state index in [0.29, 0.717) is 0 Å². The van der Waals surface area contributed by atoms with Gasteiger partial charge in [-0.1, -0.05) is 53.4 Å². The number of quaternary nitrogens is 1. The number of aliphatic carboxylic acids is 1. The zero-order valence-corrected chi connectivity index (χ0v) is 17.4. The number of carboxylic acids is 1. The first kappa shape index (κ1) is 24.4. The first-order chi connectivity index (χ1) is 12.0. The number of nitrogens with one attached hydrogen (secondary N) is 1. The Morgan fingerprint density at radius 3 is 1.48 bits per heavy atom. The van der Waals surface area contributed by atoms with Gasteiger partial charge in [-0.05, 0) is 45.1 Å². The van der Waals surface area contributed by atoms with Crippen molar-refractivity contribution in [2.24, 2.45) is 0 Å². The lowest BCUT2D eigenvalue weighted by molar-refractivity contribution is -0.929.